The quantitative estimate of drug-likeness (QED) is 0.698. The van der Waals surface area contributed by atoms with E-state index in [4.69, 9.17) is 4.74 Å². The first-order valence-corrected chi connectivity index (χ1v) is 8.34. The van der Waals surface area contributed by atoms with Crippen LogP contribution in [0.25, 0.3) is 0 Å². The van der Waals surface area contributed by atoms with Gasteiger partial charge >= 0.3 is 0 Å². The summed E-state index contributed by atoms with van der Waals surface area (Å²) in [6.45, 7) is 1.33. The lowest BCUT2D eigenvalue weighted by Crippen LogP contribution is -2.13. The average Bonchev–Trinajstić information content (AvgIpc) is 2.66. The van der Waals surface area contributed by atoms with Gasteiger partial charge in [0.15, 0.2) is 5.82 Å². The Hall–Kier alpha value is -3.01. The van der Waals surface area contributed by atoms with Crippen LogP contribution in [0.15, 0.2) is 72.9 Å². The Labute approximate surface area is 149 Å². The molecule has 0 aliphatic carbocycles. The lowest BCUT2D eigenvalue weighted by molar-refractivity contribution is 0.306. The molecule has 0 spiro atoms. The maximum Gasteiger partial charge on any atom is 0.151 e. The molecule has 3 rings (SSSR count). The van der Waals surface area contributed by atoms with E-state index in [2.05, 4.69) is 34.6 Å². The minimum atomic E-state index is 0.584. The number of nitrogens with one attached hydrogen (secondary N) is 1. The highest BCUT2D eigenvalue weighted by molar-refractivity contribution is 5.64. The van der Waals surface area contributed by atoms with E-state index in [0.29, 0.717) is 6.61 Å². The van der Waals surface area contributed by atoms with E-state index in [0.717, 1.165) is 23.8 Å². The number of benzene rings is 2. The van der Waals surface area contributed by atoms with Crippen LogP contribution in [0.3, 0.4) is 0 Å². The third kappa shape index (κ3) is 4.73. The molecule has 0 fully saturated rings. The normalized spacial score (nSPS) is 10.3. The molecule has 0 saturated carbocycles. The van der Waals surface area contributed by atoms with Gasteiger partial charge in [0.25, 0.3) is 0 Å². The van der Waals surface area contributed by atoms with Crippen molar-refractivity contribution in [3.05, 3.63) is 84.1 Å². The topological polar surface area (TPSA) is 37.4 Å². The molecule has 0 unspecified atom stereocenters. The third-order valence-electron chi connectivity index (χ3n) is 3.86. The van der Waals surface area contributed by atoms with Crippen LogP contribution in [0, 0.1) is 0 Å². The van der Waals surface area contributed by atoms with Crippen molar-refractivity contribution in [3.8, 4) is 5.75 Å². The van der Waals surface area contributed by atoms with Crippen LogP contribution in [0.2, 0.25) is 0 Å². The molecule has 0 amide bonds. The summed E-state index contributed by atoms with van der Waals surface area (Å²) < 4.78 is 5.82. The molecule has 1 aromatic heterocycles. The van der Waals surface area contributed by atoms with Crippen molar-refractivity contribution in [2.24, 2.45) is 0 Å². The summed E-state index contributed by atoms with van der Waals surface area (Å²) in [7, 11) is 3.98. The van der Waals surface area contributed by atoms with Crippen LogP contribution in [0.1, 0.15) is 11.1 Å². The number of hydrogen-bond acceptors (Lipinski definition) is 4. The Morgan fingerprint density at radius 1 is 0.880 bits per heavy atom. The molecule has 0 radical (unpaired) electrons. The molecule has 0 bridgehead atoms. The van der Waals surface area contributed by atoms with E-state index in [-0.39, 0.29) is 0 Å². The SMILES string of the molecule is CN(C)c1ncccc1NCc1ccc(OCc2ccccc2)cc1. The minimum absolute atomic E-state index is 0.584. The van der Waals surface area contributed by atoms with E-state index in [1.54, 1.807) is 6.20 Å². The molecule has 4 heteroatoms. The van der Waals surface area contributed by atoms with Crippen LogP contribution in [0.4, 0.5) is 11.5 Å². The average molecular weight is 333 g/mol. The Morgan fingerprint density at radius 2 is 1.64 bits per heavy atom. The van der Waals surface area contributed by atoms with Crippen molar-refractivity contribution in [2.75, 3.05) is 24.3 Å². The van der Waals surface area contributed by atoms with Gasteiger partial charge in [0.05, 0.1) is 5.69 Å². The van der Waals surface area contributed by atoms with E-state index in [1.807, 2.05) is 61.5 Å². The van der Waals surface area contributed by atoms with Gasteiger partial charge in [-0.05, 0) is 35.4 Å². The highest BCUT2D eigenvalue weighted by atomic mass is 16.5. The standard InChI is InChI=1S/C21H23N3O/c1-24(2)21-20(9-6-14-22-21)23-15-17-10-12-19(13-11-17)25-16-18-7-4-3-5-8-18/h3-14,23H,15-16H2,1-2H3. The molecule has 0 saturated heterocycles. The molecular weight excluding hydrogens is 310 g/mol. The molecule has 128 valence electrons. The molecule has 1 N–H and O–H groups in total. The second kappa shape index (κ2) is 8.20. The number of aromatic nitrogens is 1. The van der Waals surface area contributed by atoms with Crippen molar-refractivity contribution in [1.29, 1.82) is 0 Å². The molecule has 1 heterocycles. The highest BCUT2D eigenvalue weighted by Gasteiger charge is 2.05. The number of nitrogens with zero attached hydrogens (tertiary/aromatic N) is 2. The fourth-order valence-electron chi connectivity index (χ4n) is 2.53. The smallest absolute Gasteiger partial charge is 0.151 e. The summed E-state index contributed by atoms with van der Waals surface area (Å²) in [5.41, 5.74) is 3.39. The zero-order valence-corrected chi connectivity index (χ0v) is 14.6. The molecule has 0 aliphatic heterocycles. The van der Waals surface area contributed by atoms with Crippen molar-refractivity contribution < 1.29 is 4.74 Å². The van der Waals surface area contributed by atoms with Crippen LogP contribution in [-0.4, -0.2) is 19.1 Å². The number of ether oxygens (including phenoxy) is 1. The van der Waals surface area contributed by atoms with Gasteiger partial charge in [-0.2, -0.15) is 0 Å². The number of hydrogen-bond donors (Lipinski definition) is 1. The van der Waals surface area contributed by atoms with Crippen LogP contribution in [-0.2, 0) is 13.2 Å². The van der Waals surface area contributed by atoms with Gasteiger partial charge in [-0.1, -0.05) is 42.5 Å². The number of rotatable bonds is 7. The van der Waals surface area contributed by atoms with Gasteiger partial charge in [-0.3, -0.25) is 0 Å². The fourth-order valence-corrected chi connectivity index (χ4v) is 2.53. The van der Waals surface area contributed by atoms with Crippen LogP contribution >= 0.6 is 0 Å². The van der Waals surface area contributed by atoms with Crippen molar-refractivity contribution in [2.45, 2.75) is 13.2 Å². The Morgan fingerprint density at radius 3 is 2.36 bits per heavy atom. The summed E-state index contributed by atoms with van der Waals surface area (Å²) in [6, 6.07) is 22.3. The molecule has 0 aliphatic rings. The van der Waals surface area contributed by atoms with E-state index >= 15 is 0 Å². The summed E-state index contributed by atoms with van der Waals surface area (Å²) in [4.78, 5) is 6.40. The predicted molar refractivity (Wildman–Crippen MR) is 103 cm³/mol. The fraction of sp³-hybridized carbons (Fsp3) is 0.190. The summed E-state index contributed by atoms with van der Waals surface area (Å²) in [5, 5.41) is 3.44. The first-order chi connectivity index (χ1) is 12.2. The van der Waals surface area contributed by atoms with Gasteiger partial charge in [-0.15, -0.1) is 0 Å². The van der Waals surface area contributed by atoms with Gasteiger partial charge in [0, 0.05) is 26.8 Å². The molecule has 25 heavy (non-hydrogen) atoms. The second-order valence-electron chi connectivity index (χ2n) is 6.04. The third-order valence-corrected chi connectivity index (χ3v) is 3.86. The van der Waals surface area contributed by atoms with E-state index in [9.17, 15) is 0 Å². The highest BCUT2D eigenvalue weighted by Crippen LogP contribution is 2.21. The number of pyridine rings is 1. The van der Waals surface area contributed by atoms with Crippen LogP contribution in [0.5, 0.6) is 5.75 Å². The Bertz CT molecular complexity index is 786. The Kier molecular flexibility index (Phi) is 5.52. The lowest BCUT2D eigenvalue weighted by atomic mass is 10.2. The summed E-state index contributed by atoms with van der Waals surface area (Å²) in [6.07, 6.45) is 1.80. The summed E-state index contributed by atoms with van der Waals surface area (Å²) >= 11 is 0. The largest absolute Gasteiger partial charge is 0.489 e. The van der Waals surface area contributed by atoms with Gasteiger partial charge in [0.1, 0.15) is 12.4 Å². The molecule has 0 atom stereocenters. The Balaban J connectivity index is 1.56. The molecule has 3 aromatic rings. The maximum absolute atomic E-state index is 5.82. The maximum atomic E-state index is 5.82. The predicted octanol–water partition coefficient (Wildman–Crippen LogP) is 4.34. The monoisotopic (exact) mass is 333 g/mol. The van der Waals surface area contributed by atoms with Crippen LogP contribution < -0.4 is 15.0 Å². The molecule has 2 aromatic carbocycles. The lowest BCUT2D eigenvalue weighted by Gasteiger charge is -2.17. The van der Waals surface area contributed by atoms with Gasteiger partial charge in [-0.25, -0.2) is 4.98 Å². The second-order valence-corrected chi connectivity index (χ2v) is 6.04. The first-order valence-electron chi connectivity index (χ1n) is 8.34. The zero-order chi connectivity index (χ0) is 17.5. The minimum Gasteiger partial charge on any atom is -0.489 e. The van der Waals surface area contributed by atoms with Crippen molar-refractivity contribution >= 4 is 11.5 Å². The van der Waals surface area contributed by atoms with Gasteiger partial charge in [0.2, 0.25) is 0 Å². The van der Waals surface area contributed by atoms with Crippen molar-refractivity contribution in [1.82, 2.24) is 4.98 Å². The first kappa shape index (κ1) is 16.8. The van der Waals surface area contributed by atoms with Gasteiger partial charge < -0.3 is 15.0 Å². The number of anilines is 2. The zero-order valence-electron chi connectivity index (χ0n) is 14.6. The summed E-state index contributed by atoms with van der Waals surface area (Å²) in [5.74, 6) is 1.81. The van der Waals surface area contributed by atoms with E-state index in [1.165, 1.54) is 11.1 Å². The van der Waals surface area contributed by atoms with Crippen molar-refractivity contribution in [3.63, 3.8) is 0 Å². The molecule has 4 nitrogen and oxygen atoms in total. The molecular formula is C21H23N3O. The van der Waals surface area contributed by atoms with E-state index < -0.39 is 0 Å².